The lowest BCUT2D eigenvalue weighted by atomic mass is 9.98. The van der Waals surface area contributed by atoms with Gasteiger partial charge < -0.3 is 31.2 Å². The molecule has 0 aliphatic rings. The van der Waals surface area contributed by atoms with Crippen molar-refractivity contribution in [2.24, 2.45) is 5.73 Å². The second-order valence-corrected chi connectivity index (χ2v) is 12.7. The maximum absolute atomic E-state index is 13.2. The first kappa shape index (κ1) is 36.2. The van der Waals surface area contributed by atoms with Gasteiger partial charge in [0.05, 0.1) is 6.61 Å². The van der Waals surface area contributed by atoms with E-state index in [4.69, 9.17) is 15.2 Å². The second-order valence-electron chi connectivity index (χ2n) is 12.7. The molecular weight excluding hydrogens is 600 g/mol. The SMILES string of the molecule is CCOc1ccc(CC(CNC(CNCc2ccc(CCC(C)(C)OC(N)=O)cc2)Cc2ccccc2)NC(=O)c2ccccc2)cc1. The Hall–Kier alpha value is -4.66. The molecule has 2 atom stereocenters. The molecule has 2 amide bonds. The molecule has 4 rings (SSSR count). The summed E-state index contributed by atoms with van der Waals surface area (Å²) in [4.78, 5) is 24.4. The largest absolute Gasteiger partial charge is 0.494 e. The van der Waals surface area contributed by atoms with Crippen molar-refractivity contribution in [1.29, 1.82) is 0 Å². The fraction of sp³-hybridized carbons (Fsp3) is 0.350. The summed E-state index contributed by atoms with van der Waals surface area (Å²) in [5, 5.41) is 10.7. The molecule has 48 heavy (non-hydrogen) atoms. The van der Waals surface area contributed by atoms with Crippen molar-refractivity contribution < 1.29 is 19.1 Å². The Morgan fingerprint density at radius 2 is 1.31 bits per heavy atom. The van der Waals surface area contributed by atoms with E-state index in [-0.39, 0.29) is 18.0 Å². The first-order chi connectivity index (χ1) is 23.2. The van der Waals surface area contributed by atoms with Gasteiger partial charge in [-0.3, -0.25) is 4.79 Å². The van der Waals surface area contributed by atoms with Gasteiger partial charge in [0.1, 0.15) is 11.4 Å². The van der Waals surface area contributed by atoms with Gasteiger partial charge in [-0.2, -0.15) is 0 Å². The first-order valence-electron chi connectivity index (χ1n) is 16.8. The lowest BCUT2D eigenvalue weighted by Crippen LogP contribution is -2.49. The van der Waals surface area contributed by atoms with Crippen LogP contribution in [0.2, 0.25) is 0 Å². The third-order valence-electron chi connectivity index (χ3n) is 8.20. The van der Waals surface area contributed by atoms with Crippen LogP contribution in [-0.2, 0) is 30.5 Å². The molecule has 0 radical (unpaired) electrons. The van der Waals surface area contributed by atoms with Crippen molar-refractivity contribution >= 4 is 12.0 Å². The van der Waals surface area contributed by atoms with Crippen molar-refractivity contribution in [3.8, 4) is 5.75 Å². The van der Waals surface area contributed by atoms with Crippen LogP contribution in [0.3, 0.4) is 0 Å². The maximum Gasteiger partial charge on any atom is 0.405 e. The number of carbonyl (C=O) groups excluding carboxylic acids is 2. The summed E-state index contributed by atoms with van der Waals surface area (Å²) < 4.78 is 10.8. The van der Waals surface area contributed by atoms with E-state index in [1.54, 1.807) is 0 Å². The first-order valence-corrected chi connectivity index (χ1v) is 16.8. The number of benzene rings is 4. The average molecular weight is 651 g/mol. The lowest BCUT2D eigenvalue weighted by Gasteiger charge is -2.25. The summed E-state index contributed by atoms with van der Waals surface area (Å²) in [6.07, 6.45) is 2.25. The van der Waals surface area contributed by atoms with E-state index in [2.05, 4.69) is 76.6 Å². The third kappa shape index (κ3) is 12.9. The summed E-state index contributed by atoms with van der Waals surface area (Å²) in [5.41, 5.74) is 9.99. The highest BCUT2D eigenvalue weighted by atomic mass is 16.6. The van der Waals surface area contributed by atoms with Gasteiger partial charge in [0.25, 0.3) is 5.91 Å². The minimum Gasteiger partial charge on any atom is -0.494 e. The third-order valence-corrected chi connectivity index (χ3v) is 8.20. The van der Waals surface area contributed by atoms with E-state index in [1.165, 1.54) is 16.7 Å². The monoisotopic (exact) mass is 650 g/mol. The van der Waals surface area contributed by atoms with E-state index < -0.39 is 11.7 Å². The van der Waals surface area contributed by atoms with E-state index >= 15 is 0 Å². The smallest absolute Gasteiger partial charge is 0.405 e. The van der Waals surface area contributed by atoms with Gasteiger partial charge in [-0.1, -0.05) is 84.9 Å². The number of primary amides is 1. The van der Waals surface area contributed by atoms with Crippen LogP contribution in [0.15, 0.2) is 109 Å². The Morgan fingerprint density at radius 3 is 1.96 bits per heavy atom. The zero-order valence-electron chi connectivity index (χ0n) is 28.4. The van der Waals surface area contributed by atoms with Crippen molar-refractivity contribution in [2.75, 3.05) is 19.7 Å². The van der Waals surface area contributed by atoms with E-state index in [0.717, 1.165) is 37.2 Å². The molecule has 2 unspecified atom stereocenters. The number of hydrogen-bond acceptors (Lipinski definition) is 6. The van der Waals surface area contributed by atoms with Gasteiger partial charge in [0.15, 0.2) is 0 Å². The molecule has 8 heteroatoms. The predicted molar refractivity (Wildman–Crippen MR) is 192 cm³/mol. The molecule has 0 aliphatic heterocycles. The van der Waals surface area contributed by atoms with Crippen molar-refractivity contribution in [3.63, 3.8) is 0 Å². The van der Waals surface area contributed by atoms with Crippen LogP contribution < -0.4 is 26.4 Å². The molecule has 4 aromatic rings. The second kappa shape index (κ2) is 18.6. The minimum atomic E-state index is -0.749. The predicted octanol–water partition coefficient (Wildman–Crippen LogP) is 6.22. The number of ether oxygens (including phenoxy) is 2. The highest BCUT2D eigenvalue weighted by Gasteiger charge is 2.21. The van der Waals surface area contributed by atoms with Crippen molar-refractivity contribution in [1.82, 2.24) is 16.0 Å². The van der Waals surface area contributed by atoms with Crippen LogP contribution in [0.5, 0.6) is 5.75 Å². The number of rotatable bonds is 19. The molecule has 0 aliphatic carbocycles. The topological polar surface area (TPSA) is 115 Å². The quantitative estimate of drug-likeness (QED) is 0.0958. The van der Waals surface area contributed by atoms with Gasteiger partial charge in [0, 0.05) is 37.3 Å². The summed E-state index contributed by atoms with van der Waals surface area (Å²) in [6.45, 7) is 8.41. The Labute approximate surface area is 285 Å². The molecule has 0 aromatic heterocycles. The molecule has 0 saturated heterocycles. The molecule has 254 valence electrons. The van der Waals surface area contributed by atoms with Crippen LogP contribution in [0.4, 0.5) is 4.79 Å². The highest BCUT2D eigenvalue weighted by molar-refractivity contribution is 5.94. The molecule has 4 aromatic carbocycles. The number of carbonyl (C=O) groups is 2. The molecule has 0 saturated carbocycles. The van der Waals surface area contributed by atoms with Crippen LogP contribution in [-0.4, -0.2) is 49.4 Å². The van der Waals surface area contributed by atoms with E-state index in [0.29, 0.717) is 31.6 Å². The Morgan fingerprint density at radius 1 is 0.729 bits per heavy atom. The van der Waals surface area contributed by atoms with E-state index in [9.17, 15) is 9.59 Å². The maximum atomic E-state index is 13.2. The van der Waals surface area contributed by atoms with Crippen LogP contribution in [0, 0.1) is 0 Å². The van der Waals surface area contributed by atoms with Gasteiger partial charge >= 0.3 is 6.09 Å². The lowest BCUT2D eigenvalue weighted by molar-refractivity contribution is 0.0394. The summed E-state index contributed by atoms with van der Waals surface area (Å²) in [5.74, 6) is 0.755. The van der Waals surface area contributed by atoms with Crippen LogP contribution in [0.25, 0.3) is 0 Å². The van der Waals surface area contributed by atoms with Crippen LogP contribution >= 0.6 is 0 Å². The molecular formula is C40H50N4O4. The number of nitrogens with one attached hydrogen (secondary N) is 3. The Bertz CT molecular complexity index is 1530. The normalized spacial score (nSPS) is 12.6. The van der Waals surface area contributed by atoms with Gasteiger partial charge in [-0.15, -0.1) is 0 Å². The number of hydrogen-bond donors (Lipinski definition) is 4. The summed E-state index contributed by atoms with van der Waals surface area (Å²) in [7, 11) is 0. The standard InChI is InChI=1S/C40H50N4O4/c1-4-47-37-21-19-32(20-22-37)26-36(44-38(45)34-13-9-6-10-14-34)29-43-35(25-31-11-7-5-8-12-31)28-42-27-33-17-15-30(16-18-33)23-24-40(2,3)48-39(41)46/h5-22,35-36,42-43H,4,23-29H2,1-3H3,(H2,41,46)(H,44,45). The highest BCUT2D eigenvalue weighted by Crippen LogP contribution is 2.19. The average Bonchev–Trinajstić information content (AvgIpc) is 3.08. The number of aryl methyl sites for hydroxylation is 1. The minimum absolute atomic E-state index is 0.0847. The zero-order chi connectivity index (χ0) is 34.2. The Kier molecular flexibility index (Phi) is 14.0. The Balaban J connectivity index is 1.38. The zero-order valence-corrected chi connectivity index (χ0v) is 28.4. The van der Waals surface area contributed by atoms with Gasteiger partial charge in [0.2, 0.25) is 0 Å². The molecule has 0 spiro atoms. The molecule has 0 bridgehead atoms. The molecule has 0 fully saturated rings. The van der Waals surface area contributed by atoms with Gasteiger partial charge in [-0.25, -0.2) is 4.79 Å². The number of nitrogens with two attached hydrogens (primary N) is 1. The fourth-order valence-electron chi connectivity index (χ4n) is 5.61. The van der Waals surface area contributed by atoms with Gasteiger partial charge in [-0.05, 0) is 93.0 Å². The number of amides is 2. The molecule has 5 N–H and O–H groups in total. The fourth-order valence-corrected chi connectivity index (χ4v) is 5.61. The van der Waals surface area contributed by atoms with Crippen molar-refractivity contribution in [2.45, 2.75) is 70.7 Å². The molecule has 8 nitrogen and oxygen atoms in total. The molecule has 0 heterocycles. The van der Waals surface area contributed by atoms with E-state index in [1.807, 2.05) is 69.3 Å². The summed E-state index contributed by atoms with van der Waals surface area (Å²) >= 11 is 0. The van der Waals surface area contributed by atoms with Crippen LogP contribution in [0.1, 0.15) is 59.8 Å². The summed E-state index contributed by atoms with van der Waals surface area (Å²) in [6, 6.07) is 36.4. The van der Waals surface area contributed by atoms with Crippen molar-refractivity contribution in [3.05, 3.63) is 137 Å².